The first kappa shape index (κ1) is 19.6. The third kappa shape index (κ3) is 4.50. The first-order valence-corrected chi connectivity index (χ1v) is 9.77. The van der Waals surface area contributed by atoms with Crippen molar-refractivity contribution in [2.24, 2.45) is 0 Å². The molecule has 0 saturated carbocycles. The highest BCUT2D eigenvalue weighted by Gasteiger charge is 2.16. The van der Waals surface area contributed by atoms with Gasteiger partial charge in [-0.05, 0) is 52.9 Å². The van der Waals surface area contributed by atoms with Crippen molar-refractivity contribution in [1.29, 1.82) is 0 Å². The molecule has 0 fully saturated rings. The van der Waals surface area contributed by atoms with Crippen molar-refractivity contribution in [1.82, 2.24) is 25.2 Å². The van der Waals surface area contributed by atoms with Crippen molar-refractivity contribution in [3.05, 3.63) is 87.1 Å². The molecule has 0 radical (unpaired) electrons. The molecule has 0 aliphatic rings. The van der Waals surface area contributed by atoms with Crippen molar-refractivity contribution < 1.29 is 4.74 Å². The molecule has 146 valence electrons. The molecule has 0 N–H and O–H groups in total. The van der Waals surface area contributed by atoms with Crippen LogP contribution in [0.4, 0.5) is 0 Å². The minimum Gasteiger partial charge on any atom is -0.487 e. The van der Waals surface area contributed by atoms with Crippen LogP contribution in [0, 0.1) is 0 Å². The maximum absolute atomic E-state index is 6.34. The van der Waals surface area contributed by atoms with Crippen LogP contribution in [0.3, 0.4) is 0 Å². The second-order valence-electron chi connectivity index (χ2n) is 6.12. The Morgan fingerprint density at radius 3 is 2.69 bits per heavy atom. The zero-order valence-electron chi connectivity index (χ0n) is 15.0. The molecule has 2 aromatic heterocycles. The minimum absolute atomic E-state index is 0.331. The van der Waals surface area contributed by atoms with E-state index in [1.165, 1.54) is 0 Å². The summed E-state index contributed by atoms with van der Waals surface area (Å²) >= 11 is 18.7. The molecule has 6 nitrogen and oxygen atoms in total. The van der Waals surface area contributed by atoms with Gasteiger partial charge in [0.25, 0.3) is 0 Å². The largest absolute Gasteiger partial charge is 0.487 e. The number of benzene rings is 2. The van der Waals surface area contributed by atoms with Crippen LogP contribution in [-0.2, 0) is 13.2 Å². The van der Waals surface area contributed by atoms with Gasteiger partial charge < -0.3 is 4.74 Å². The maximum atomic E-state index is 6.34. The molecule has 4 aromatic rings. The van der Waals surface area contributed by atoms with Crippen LogP contribution in [0.5, 0.6) is 5.75 Å². The normalized spacial score (nSPS) is 10.9. The van der Waals surface area contributed by atoms with Crippen molar-refractivity contribution in [3.8, 4) is 17.1 Å². The Morgan fingerprint density at radius 2 is 1.86 bits per heavy atom. The summed E-state index contributed by atoms with van der Waals surface area (Å²) in [6, 6.07) is 16.4. The molecule has 2 aromatic carbocycles. The van der Waals surface area contributed by atoms with Gasteiger partial charge in [-0.15, -0.1) is 5.10 Å². The Hall–Kier alpha value is -2.67. The number of pyridine rings is 1. The number of hydrogen-bond donors (Lipinski definition) is 0. The summed E-state index contributed by atoms with van der Waals surface area (Å²) in [4.78, 5) is 4.27. The Labute approximate surface area is 182 Å². The van der Waals surface area contributed by atoms with E-state index in [0.29, 0.717) is 45.4 Å². The van der Waals surface area contributed by atoms with Gasteiger partial charge in [0.1, 0.15) is 12.4 Å². The number of aromatic nitrogens is 5. The lowest BCUT2D eigenvalue weighted by Crippen LogP contribution is -2.07. The number of tetrazole rings is 1. The third-order valence-corrected chi connectivity index (χ3v) is 5.22. The zero-order valence-corrected chi connectivity index (χ0v) is 17.2. The predicted octanol–water partition coefficient (Wildman–Crippen LogP) is 5.32. The smallest absolute Gasteiger partial charge is 0.183 e. The van der Waals surface area contributed by atoms with Gasteiger partial charge in [-0.3, -0.25) is 4.98 Å². The van der Waals surface area contributed by atoms with E-state index in [1.807, 2.05) is 36.4 Å². The third-order valence-electron chi connectivity index (χ3n) is 4.17. The molecular weight excluding hydrogens is 433 g/mol. The summed E-state index contributed by atoms with van der Waals surface area (Å²) < 4.78 is 7.59. The Balaban J connectivity index is 1.63. The monoisotopic (exact) mass is 445 g/mol. The van der Waals surface area contributed by atoms with E-state index in [4.69, 9.17) is 39.5 Å². The zero-order chi connectivity index (χ0) is 20.2. The van der Waals surface area contributed by atoms with Crippen LogP contribution in [0.2, 0.25) is 15.1 Å². The molecule has 9 heteroatoms. The minimum atomic E-state index is 0.331. The summed E-state index contributed by atoms with van der Waals surface area (Å²) in [5.41, 5.74) is 2.28. The highest BCUT2D eigenvalue weighted by molar-refractivity contribution is 6.43. The van der Waals surface area contributed by atoms with Crippen molar-refractivity contribution >= 4 is 34.8 Å². The van der Waals surface area contributed by atoms with Crippen LogP contribution in [0.1, 0.15) is 11.3 Å². The van der Waals surface area contributed by atoms with Crippen molar-refractivity contribution in [2.75, 3.05) is 0 Å². The number of ether oxygens (including phenoxy) is 1. The fourth-order valence-electron chi connectivity index (χ4n) is 2.79. The molecule has 0 aliphatic carbocycles. The lowest BCUT2D eigenvalue weighted by atomic mass is 10.1. The van der Waals surface area contributed by atoms with Gasteiger partial charge in [-0.1, -0.05) is 46.9 Å². The summed E-state index contributed by atoms with van der Waals surface area (Å²) in [7, 11) is 0. The summed E-state index contributed by atoms with van der Waals surface area (Å²) in [5.74, 6) is 1.16. The second-order valence-corrected chi connectivity index (χ2v) is 7.34. The van der Waals surface area contributed by atoms with E-state index in [9.17, 15) is 0 Å². The molecule has 29 heavy (non-hydrogen) atoms. The van der Waals surface area contributed by atoms with Gasteiger partial charge in [-0.2, -0.15) is 0 Å². The van der Waals surface area contributed by atoms with Crippen LogP contribution < -0.4 is 4.74 Å². The number of nitrogens with zero attached hydrogens (tertiary/aromatic N) is 5. The second kappa shape index (κ2) is 8.78. The lowest BCUT2D eigenvalue weighted by Gasteiger charge is -2.13. The molecule has 0 atom stereocenters. The van der Waals surface area contributed by atoms with E-state index in [0.717, 1.165) is 11.3 Å². The van der Waals surface area contributed by atoms with Gasteiger partial charge in [0.15, 0.2) is 5.82 Å². The fourth-order valence-corrected chi connectivity index (χ4v) is 3.37. The number of rotatable bonds is 6. The maximum Gasteiger partial charge on any atom is 0.183 e. The molecule has 0 unspecified atom stereocenters. The molecule has 4 rings (SSSR count). The molecule has 2 heterocycles. The van der Waals surface area contributed by atoms with Gasteiger partial charge in [0, 0.05) is 22.3 Å². The van der Waals surface area contributed by atoms with Crippen LogP contribution in [-0.4, -0.2) is 25.2 Å². The van der Waals surface area contributed by atoms with E-state index >= 15 is 0 Å². The molecular formula is C20H14Cl3N5O. The standard InChI is InChI=1S/C20H14Cl3N5O/c21-14-7-8-18(29-12-15-4-1-2-9-24-15)13(10-14)11-28-20(25-26-27-28)16-5-3-6-17(22)19(16)23/h1-10H,11-12H2. The molecule has 0 bridgehead atoms. The Kier molecular flexibility index (Phi) is 5.94. The van der Waals surface area contributed by atoms with Crippen LogP contribution in [0.25, 0.3) is 11.4 Å². The van der Waals surface area contributed by atoms with Gasteiger partial charge in [0.2, 0.25) is 0 Å². The average molecular weight is 447 g/mol. The average Bonchev–Trinajstić information content (AvgIpc) is 3.18. The van der Waals surface area contributed by atoms with Gasteiger partial charge in [0.05, 0.1) is 22.3 Å². The first-order chi connectivity index (χ1) is 14.1. The summed E-state index contributed by atoms with van der Waals surface area (Å²) in [6.07, 6.45) is 1.73. The summed E-state index contributed by atoms with van der Waals surface area (Å²) in [5, 5.41) is 13.4. The van der Waals surface area contributed by atoms with Gasteiger partial charge in [-0.25, -0.2) is 4.68 Å². The Bertz CT molecular complexity index is 1130. The van der Waals surface area contributed by atoms with Crippen molar-refractivity contribution in [3.63, 3.8) is 0 Å². The summed E-state index contributed by atoms with van der Waals surface area (Å²) in [6.45, 7) is 0.668. The van der Waals surface area contributed by atoms with Gasteiger partial charge >= 0.3 is 0 Å². The molecule has 0 saturated heterocycles. The molecule has 0 amide bonds. The van der Waals surface area contributed by atoms with E-state index < -0.39 is 0 Å². The van der Waals surface area contributed by atoms with Crippen molar-refractivity contribution in [2.45, 2.75) is 13.2 Å². The quantitative estimate of drug-likeness (QED) is 0.401. The molecule has 0 spiro atoms. The van der Waals surface area contributed by atoms with Crippen LogP contribution in [0.15, 0.2) is 60.8 Å². The molecule has 0 aliphatic heterocycles. The fraction of sp³-hybridized carbons (Fsp3) is 0.100. The van der Waals surface area contributed by atoms with E-state index in [1.54, 1.807) is 29.1 Å². The van der Waals surface area contributed by atoms with E-state index in [2.05, 4.69) is 20.5 Å². The highest BCUT2D eigenvalue weighted by atomic mass is 35.5. The lowest BCUT2D eigenvalue weighted by molar-refractivity contribution is 0.297. The number of hydrogen-bond acceptors (Lipinski definition) is 5. The Morgan fingerprint density at radius 1 is 0.966 bits per heavy atom. The number of halogens is 3. The predicted molar refractivity (Wildman–Crippen MR) is 112 cm³/mol. The van der Waals surface area contributed by atoms with Crippen LogP contribution >= 0.6 is 34.8 Å². The van der Waals surface area contributed by atoms with E-state index in [-0.39, 0.29) is 0 Å². The first-order valence-electron chi connectivity index (χ1n) is 8.63. The highest BCUT2D eigenvalue weighted by Crippen LogP contribution is 2.33. The SMILES string of the molecule is Clc1ccc(OCc2ccccn2)c(Cn2nnnc2-c2cccc(Cl)c2Cl)c1. The topological polar surface area (TPSA) is 65.7 Å².